The van der Waals surface area contributed by atoms with Gasteiger partial charge >= 0.3 is 0 Å². The van der Waals surface area contributed by atoms with Crippen LogP contribution in [0, 0.1) is 6.92 Å². The Morgan fingerprint density at radius 1 is 1.07 bits per heavy atom. The van der Waals surface area contributed by atoms with Gasteiger partial charge in [-0.2, -0.15) is 0 Å². The Labute approximate surface area is 175 Å². The first-order valence-corrected chi connectivity index (χ1v) is 10.3. The van der Waals surface area contributed by atoms with Gasteiger partial charge in [0.1, 0.15) is 6.54 Å². The number of nitrogens with two attached hydrogens (primary N) is 1. The fourth-order valence-corrected chi connectivity index (χ4v) is 4.05. The van der Waals surface area contributed by atoms with Gasteiger partial charge in [0.15, 0.2) is 0 Å². The number of rotatable bonds is 3. The van der Waals surface area contributed by atoms with Crippen LogP contribution in [0.15, 0.2) is 42.5 Å². The average Bonchev–Trinajstić information content (AvgIpc) is 2.74. The SMILES string of the molecule is Cc1ccc(C(=O)N2CC(=O)Nc3cc(C(=O)NC4CCCCC4N)ccc32)cc1. The lowest BCUT2D eigenvalue weighted by atomic mass is 9.91. The predicted octanol–water partition coefficient (Wildman–Crippen LogP) is 2.59. The fourth-order valence-electron chi connectivity index (χ4n) is 4.05. The van der Waals surface area contributed by atoms with E-state index in [0.717, 1.165) is 31.2 Å². The van der Waals surface area contributed by atoms with Crippen LogP contribution in [0.5, 0.6) is 0 Å². The fraction of sp³-hybridized carbons (Fsp3) is 0.348. The number of anilines is 2. The maximum atomic E-state index is 13.0. The molecule has 4 rings (SSSR count). The highest BCUT2D eigenvalue weighted by atomic mass is 16.2. The van der Waals surface area contributed by atoms with Gasteiger partial charge in [0.2, 0.25) is 5.91 Å². The molecule has 0 radical (unpaired) electrons. The van der Waals surface area contributed by atoms with Crippen LogP contribution >= 0.6 is 0 Å². The van der Waals surface area contributed by atoms with Gasteiger partial charge in [0.25, 0.3) is 11.8 Å². The lowest BCUT2D eigenvalue weighted by molar-refractivity contribution is -0.115. The summed E-state index contributed by atoms with van der Waals surface area (Å²) in [4.78, 5) is 39.4. The van der Waals surface area contributed by atoms with Crippen molar-refractivity contribution >= 4 is 29.1 Å². The largest absolute Gasteiger partial charge is 0.348 e. The second-order valence-electron chi connectivity index (χ2n) is 8.07. The monoisotopic (exact) mass is 406 g/mol. The van der Waals surface area contributed by atoms with Crippen LogP contribution in [-0.4, -0.2) is 36.3 Å². The van der Waals surface area contributed by atoms with E-state index >= 15 is 0 Å². The molecule has 3 amide bonds. The molecule has 1 aliphatic carbocycles. The van der Waals surface area contributed by atoms with Gasteiger partial charge in [-0.25, -0.2) is 0 Å². The van der Waals surface area contributed by atoms with Crippen molar-refractivity contribution in [3.05, 3.63) is 59.2 Å². The van der Waals surface area contributed by atoms with Crippen molar-refractivity contribution in [2.45, 2.75) is 44.7 Å². The highest BCUT2D eigenvalue weighted by Crippen LogP contribution is 2.32. The van der Waals surface area contributed by atoms with E-state index in [-0.39, 0.29) is 36.3 Å². The Morgan fingerprint density at radius 3 is 2.50 bits per heavy atom. The molecule has 2 aromatic rings. The van der Waals surface area contributed by atoms with Crippen LogP contribution in [-0.2, 0) is 4.79 Å². The zero-order valence-electron chi connectivity index (χ0n) is 17.0. The normalized spacial score (nSPS) is 20.9. The number of hydrogen-bond donors (Lipinski definition) is 3. The van der Waals surface area contributed by atoms with Crippen molar-refractivity contribution in [1.29, 1.82) is 0 Å². The summed E-state index contributed by atoms with van der Waals surface area (Å²) in [5, 5.41) is 5.79. The number of amides is 3. The molecule has 2 aromatic carbocycles. The zero-order chi connectivity index (χ0) is 21.3. The molecule has 7 nitrogen and oxygen atoms in total. The van der Waals surface area contributed by atoms with Gasteiger partial charge < -0.3 is 16.4 Å². The number of nitrogens with zero attached hydrogens (tertiary/aromatic N) is 1. The van der Waals surface area contributed by atoms with Gasteiger partial charge in [0, 0.05) is 23.2 Å². The molecule has 0 bridgehead atoms. The maximum absolute atomic E-state index is 13.0. The first-order valence-electron chi connectivity index (χ1n) is 10.3. The molecule has 2 atom stereocenters. The van der Waals surface area contributed by atoms with E-state index in [0.29, 0.717) is 22.5 Å². The molecule has 1 saturated carbocycles. The molecule has 2 unspecified atom stereocenters. The second-order valence-corrected chi connectivity index (χ2v) is 8.07. The van der Waals surface area contributed by atoms with E-state index in [9.17, 15) is 14.4 Å². The first kappa shape index (κ1) is 20.1. The summed E-state index contributed by atoms with van der Waals surface area (Å²) >= 11 is 0. The van der Waals surface area contributed by atoms with E-state index in [4.69, 9.17) is 5.73 Å². The maximum Gasteiger partial charge on any atom is 0.258 e. The summed E-state index contributed by atoms with van der Waals surface area (Å²) in [6, 6.07) is 12.1. The summed E-state index contributed by atoms with van der Waals surface area (Å²) < 4.78 is 0. The van der Waals surface area contributed by atoms with Gasteiger partial charge in [-0.15, -0.1) is 0 Å². The van der Waals surface area contributed by atoms with Crippen molar-refractivity contribution in [3.8, 4) is 0 Å². The topological polar surface area (TPSA) is 105 Å². The van der Waals surface area contributed by atoms with Gasteiger partial charge in [-0.1, -0.05) is 30.5 Å². The Kier molecular flexibility index (Phi) is 5.55. The molecule has 2 aliphatic rings. The Morgan fingerprint density at radius 2 is 1.77 bits per heavy atom. The molecule has 1 fully saturated rings. The molecular formula is C23H26N4O3. The van der Waals surface area contributed by atoms with Gasteiger partial charge in [-0.3, -0.25) is 19.3 Å². The molecule has 1 heterocycles. The lowest BCUT2D eigenvalue weighted by Crippen LogP contribution is -2.49. The van der Waals surface area contributed by atoms with Crippen LogP contribution in [0.3, 0.4) is 0 Å². The Hall–Kier alpha value is -3.19. The number of benzene rings is 2. The highest BCUT2D eigenvalue weighted by molar-refractivity contribution is 6.15. The molecule has 1 aliphatic heterocycles. The van der Waals surface area contributed by atoms with Crippen LogP contribution in [0.25, 0.3) is 0 Å². The third kappa shape index (κ3) is 4.07. The number of aryl methyl sites for hydroxylation is 1. The summed E-state index contributed by atoms with van der Waals surface area (Å²) in [5.41, 5.74) is 9.15. The van der Waals surface area contributed by atoms with Crippen molar-refractivity contribution < 1.29 is 14.4 Å². The van der Waals surface area contributed by atoms with Crippen LogP contribution in [0.4, 0.5) is 11.4 Å². The number of carbonyl (C=O) groups is 3. The third-order valence-electron chi connectivity index (χ3n) is 5.80. The third-order valence-corrected chi connectivity index (χ3v) is 5.80. The van der Waals surface area contributed by atoms with Crippen molar-refractivity contribution in [1.82, 2.24) is 5.32 Å². The van der Waals surface area contributed by atoms with Gasteiger partial charge in [0.05, 0.1) is 11.4 Å². The molecule has 0 saturated heterocycles. The predicted molar refractivity (Wildman–Crippen MR) is 116 cm³/mol. The highest BCUT2D eigenvalue weighted by Gasteiger charge is 2.29. The average molecular weight is 406 g/mol. The van der Waals surface area contributed by atoms with E-state index in [1.165, 1.54) is 4.90 Å². The molecule has 0 spiro atoms. The smallest absolute Gasteiger partial charge is 0.258 e. The summed E-state index contributed by atoms with van der Waals surface area (Å²) in [6.45, 7) is 1.88. The summed E-state index contributed by atoms with van der Waals surface area (Å²) in [7, 11) is 0. The number of hydrogen-bond acceptors (Lipinski definition) is 4. The number of fused-ring (bicyclic) bond motifs is 1. The number of carbonyl (C=O) groups excluding carboxylic acids is 3. The van der Waals surface area contributed by atoms with E-state index in [1.54, 1.807) is 30.3 Å². The standard InChI is InChI=1S/C23H26N4O3/c1-14-6-8-15(9-7-14)23(30)27-13-21(28)25-19-12-16(10-11-20(19)27)22(29)26-18-5-3-2-4-17(18)24/h6-12,17-18H,2-5,13,24H2,1H3,(H,25,28)(H,26,29). The van der Waals surface area contributed by atoms with Crippen LogP contribution < -0.4 is 21.3 Å². The van der Waals surface area contributed by atoms with Gasteiger partial charge in [-0.05, 0) is 50.1 Å². The molecular weight excluding hydrogens is 380 g/mol. The summed E-state index contributed by atoms with van der Waals surface area (Å²) in [6.07, 6.45) is 3.91. The minimum Gasteiger partial charge on any atom is -0.348 e. The second kappa shape index (κ2) is 8.28. The molecule has 0 aromatic heterocycles. The zero-order valence-corrected chi connectivity index (χ0v) is 17.0. The quantitative estimate of drug-likeness (QED) is 0.729. The molecule has 4 N–H and O–H groups in total. The number of nitrogens with one attached hydrogen (secondary N) is 2. The van der Waals surface area contributed by atoms with E-state index in [1.807, 2.05) is 19.1 Å². The molecule has 7 heteroatoms. The van der Waals surface area contributed by atoms with E-state index < -0.39 is 0 Å². The van der Waals surface area contributed by atoms with Crippen molar-refractivity contribution in [2.75, 3.05) is 16.8 Å². The molecule has 30 heavy (non-hydrogen) atoms. The van der Waals surface area contributed by atoms with Crippen molar-refractivity contribution in [3.63, 3.8) is 0 Å². The minimum atomic E-state index is -0.296. The van der Waals surface area contributed by atoms with E-state index in [2.05, 4.69) is 10.6 Å². The lowest BCUT2D eigenvalue weighted by Gasteiger charge is -2.31. The Balaban J connectivity index is 1.57. The molecule has 156 valence electrons. The first-order chi connectivity index (χ1) is 14.4. The minimum absolute atomic E-state index is 0.0392. The van der Waals surface area contributed by atoms with Crippen LogP contribution in [0.1, 0.15) is 52.0 Å². The van der Waals surface area contributed by atoms with Crippen molar-refractivity contribution in [2.24, 2.45) is 5.73 Å². The summed E-state index contributed by atoms with van der Waals surface area (Å²) in [5.74, 6) is -0.775. The van der Waals surface area contributed by atoms with Crippen LogP contribution in [0.2, 0.25) is 0 Å². The Bertz CT molecular complexity index is 986.